The zero-order valence-corrected chi connectivity index (χ0v) is 24.2. The Bertz CT molecular complexity index is 1360. The standard InChI is InChI=1S/C31H39N3O4S/c1-6-32-31(36)29(20-25-12-8-7-9-13-25)33(21-26-18-16-24(4)17-19-26)30(35)22-34(39(5,37)38)28-15-11-10-14-27(28)23(2)3/h7-19,23,29H,6,20-22H2,1-5H3,(H,32,36)/t29-/m0/s1. The Morgan fingerprint density at radius 2 is 1.49 bits per heavy atom. The van der Waals surface area contributed by atoms with Crippen LogP contribution in [0.25, 0.3) is 0 Å². The molecule has 0 spiro atoms. The van der Waals surface area contributed by atoms with Crippen LogP contribution in [-0.4, -0.2) is 50.5 Å². The van der Waals surface area contributed by atoms with Crippen LogP contribution < -0.4 is 9.62 Å². The van der Waals surface area contributed by atoms with Gasteiger partial charge in [-0.25, -0.2) is 8.42 Å². The molecular formula is C31H39N3O4S. The smallest absolute Gasteiger partial charge is 0.244 e. The van der Waals surface area contributed by atoms with Gasteiger partial charge in [0.25, 0.3) is 0 Å². The second-order valence-electron chi connectivity index (χ2n) is 10.1. The molecule has 208 valence electrons. The highest BCUT2D eigenvalue weighted by Crippen LogP contribution is 2.29. The number of hydrogen-bond donors (Lipinski definition) is 1. The maximum atomic E-state index is 14.1. The van der Waals surface area contributed by atoms with E-state index in [4.69, 9.17) is 0 Å². The Kier molecular flexibility index (Phi) is 10.3. The summed E-state index contributed by atoms with van der Waals surface area (Å²) in [6.07, 6.45) is 1.40. The number of carbonyl (C=O) groups excluding carboxylic acids is 2. The van der Waals surface area contributed by atoms with Crippen molar-refractivity contribution >= 4 is 27.5 Å². The summed E-state index contributed by atoms with van der Waals surface area (Å²) in [5.41, 5.74) is 4.13. The van der Waals surface area contributed by atoms with E-state index in [0.29, 0.717) is 18.7 Å². The normalized spacial score (nSPS) is 12.2. The zero-order valence-electron chi connectivity index (χ0n) is 23.4. The molecule has 0 radical (unpaired) electrons. The third-order valence-corrected chi connectivity index (χ3v) is 7.73. The van der Waals surface area contributed by atoms with Crippen LogP contribution in [0.3, 0.4) is 0 Å². The molecule has 8 heteroatoms. The maximum Gasteiger partial charge on any atom is 0.244 e. The molecule has 0 aliphatic carbocycles. The van der Waals surface area contributed by atoms with Gasteiger partial charge in [-0.2, -0.15) is 0 Å². The Balaban J connectivity index is 2.07. The summed E-state index contributed by atoms with van der Waals surface area (Å²) < 4.78 is 27.2. The van der Waals surface area contributed by atoms with Crippen LogP contribution in [-0.2, 0) is 32.6 Å². The van der Waals surface area contributed by atoms with Crippen LogP contribution in [0.1, 0.15) is 48.9 Å². The van der Waals surface area contributed by atoms with Gasteiger partial charge in [0.1, 0.15) is 12.6 Å². The first-order valence-corrected chi connectivity index (χ1v) is 15.1. The van der Waals surface area contributed by atoms with Crippen molar-refractivity contribution in [1.82, 2.24) is 10.2 Å². The molecule has 0 bridgehead atoms. The molecule has 0 saturated carbocycles. The van der Waals surface area contributed by atoms with Gasteiger partial charge in [0, 0.05) is 19.5 Å². The molecular weight excluding hydrogens is 510 g/mol. The van der Waals surface area contributed by atoms with Gasteiger partial charge in [0.2, 0.25) is 21.8 Å². The van der Waals surface area contributed by atoms with Crippen LogP contribution >= 0.6 is 0 Å². The second-order valence-corrected chi connectivity index (χ2v) is 12.0. The van der Waals surface area contributed by atoms with E-state index in [9.17, 15) is 18.0 Å². The van der Waals surface area contributed by atoms with Gasteiger partial charge in [0.05, 0.1) is 11.9 Å². The van der Waals surface area contributed by atoms with E-state index in [1.807, 2.05) is 94.4 Å². The highest BCUT2D eigenvalue weighted by molar-refractivity contribution is 7.92. The monoisotopic (exact) mass is 549 g/mol. The van der Waals surface area contributed by atoms with E-state index >= 15 is 0 Å². The molecule has 0 unspecified atom stereocenters. The number of carbonyl (C=O) groups is 2. The average Bonchev–Trinajstić information content (AvgIpc) is 2.90. The number of sulfonamides is 1. The first-order chi connectivity index (χ1) is 18.5. The van der Waals surface area contributed by atoms with Crippen LogP contribution in [0, 0.1) is 6.92 Å². The van der Waals surface area contributed by atoms with Gasteiger partial charge in [-0.05, 0) is 42.5 Å². The fourth-order valence-corrected chi connectivity index (χ4v) is 5.40. The van der Waals surface area contributed by atoms with Crippen molar-refractivity contribution in [3.8, 4) is 0 Å². The van der Waals surface area contributed by atoms with E-state index in [1.54, 1.807) is 12.1 Å². The van der Waals surface area contributed by atoms with E-state index in [1.165, 1.54) is 4.90 Å². The number of anilines is 1. The minimum atomic E-state index is -3.81. The molecule has 1 atom stereocenters. The van der Waals surface area contributed by atoms with E-state index in [2.05, 4.69) is 5.32 Å². The van der Waals surface area contributed by atoms with Gasteiger partial charge in [-0.15, -0.1) is 0 Å². The molecule has 0 aromatic heterocycles. The lowest BCUT2D eigenvalue weighted by Gasteiger charge is -2.34. The Labute approximate surface area is 232 Å². The molecule has 2 amide bonds. The lowest BCUT2D eigenvalue weighted by Crippen LogP contribution is -2.53. The van der Waals surface area contributed by atoms with E-state index < -0.39 is 28.5 Å². The molecule has 0 saturated heterocycles. The van der Waals surface area contributed by atoms with Crippen molar-refractivity contribution in [2.24, 2.45) is 0 Å². The number of benzene rings is 3. The number of rotatable bonds is 12. The summed E-state index contributed by atoms with van der Waals surface area (Å²) in [6, 6.07) is 23.7. The summed E-state index contributed by atoms with van der Waals surface area (Å²) in [7, 11) is -3.81. The van der Waals surface area contributed by atoms with Gasteiger partial charge in [-0.1, -0.05) is 92.2 Å². The molecule has 0 aliphatic heterocycles. The lowest BCUT2D eigenvalue weighted by molar-refractivity contribution is -0.140. The third kappa shape index (κ3) is 8.17. The van der Waals surface area contributed by atoms with Gasteiger partial charge in [0.15, 0.2) is 0 Å². The third-order valence-electron chi connectivity index (χ3n) is 6.60. The van der Waals surface area contributed by atoms with Crippen LogP contribution in [0.15, 0.2) is 78.9 Å². The molecule has 7 nitrogen and oxygen atoms in total. The topological polar surface area (TPSA) is 86.8 Å². The summed E-state index contributed by atoms with van der Waals surface area (Å²) in [5, 5.41) is 2.87. The van der Waals surface area contributed by atoms with Gasteiger partial charge < -0.3 is 10.2 Å². The van der Waals surface area contributed by atoms with Crippen molar-refractivity contribution in [1.29, 1.82) is 0 Å². The fraction of sp³-hybridized carbons (Fsp3) is 0.355. The van der Waals surface area contributed by atoms with Gasteiger partial charge in [-0.3, -0.25) is 13.9 Å². The van der Waals surface area contributed by atoms with Crippen molar-refractivity contribution in [2.45, 2.75) is 52.6 Å². The minimum Gasteiger partial charge on any atom is -0.355 e. The number of likely N-dealkylation sites (N-methyl/N-ethyl adjacent to an activating group) is 1. The molecule has 3 rings (SSSR count). The molecule has 0 fully saturated rings. The van der Waals surface area contributed by atoms with E-state index in [0.717, 1.165) is 32.8 Å². The highest BCUT2D eigenvalue weighted by atomic mass is 32.2. The fourth-order valence-electron chi connectivity index (χ4n) is 4.53. The summed E-state index contributed by atoms with van der Waals surface area (Å²) >= 11 is 0. The number of para-hydroxylation sites is 1. The van der Waals surface area contributed by atoms with Crippen LogP contribution in [0.5, 0.6) is 0 Å². The molecule has 0 heterocycles. The maximum absolute atomic E-state index is 14.1. The second kappa shape index (κ2) is 13.4. The predicted octanol–water partition coefficient (Wildman–Crippen LogP) is 4.66. The van der Waals surface area contributed by atoms with E-state index in [-0.39, 0.29) is 18.4 Å². The first-order valence-electron chi connectivity index (χ1n) is 13.2. The summed E-state index contributed by atoms with van der Waals surface area (Å²) in [6.45, 7) is 7.93. The number of hydrogen-bond acceptors (Lipinski definition) is 4. The van der Waals surface area contributed by atoms with Crippen molar-refractivity contribution in [3.63, 3.8) is 0 Å². The quantitative estimate of drug-likeness (QED) is 0.356. The number of nitrogens with one attached hydrogen (secondary N) is 1. The Morgan fingerprint density at radius 1 is 0.872 bits per heavy atom. The lowest BCUT2D eigenvalue weighted by atomic mass is 10.0. The molecule has 3 aromatic rings. The van der Waals surface area contributed by atoms with Crippen LogP contribution in [0.2, 0.25) is 0 Å². The predicted molar refractivity (Wildman–Crippen MR) is 157 cm³/mol. The first kappa shape index (κ1) is 29.9. The van der Waals surface area contributed by atoms with Crippen molar-refractivity contribution < 1.29 is 18.0 Å². The van der Waals surface area contributed by atoms with Crippen LogP contribution in [0.4, 0.5) is 5.69 Å². The summed E-state index contributed by atoms with van der Waals surface area (Å²) in [5.74, 6) is -0.688. The molecule has 1 N–H and O–H groups in total. The Morgan fingerprint density at radius 3 is 2.08 bits per heavy atom. The number of aryl methyl sites for hydroxylation is 1. The molecule has 39 heavy (non-hydrogen) atoms. The SMILES string of the molecule is CCNC(=O)[C@H](Cc1ccccc1)N(Cc1ccc(C)cc1)C(=O)CN(c1ccccc1C(C)C)S(C)(=O)=O. The zero-order chi connectivity index (χ0) is 28.6. The van der Waals surface area contributed by atoms with Gasteiger partial charge >= 0.3 is 0 Å². The summed E-state index contributed by atoms with van der Waals surface area (Å²) in [4.78, 5) is 29.0. The number of amides is 2. The largest absolute Gasteiger partial charge is 0.355 e. The highest BCUT2D eigenvalue weighted by Gasteiger charge is 2.33. The minimum absolute atomic E-state index is 0.0466. The average molecular weight is 550 g/mol. The van der Waals surface area contributed by atoms with Crippen molar-refractivity contribution in [3.05, 3.63) is 101 Å². The Hall–Kier alpha value is -3.65. The number of nitrogens with zero attached hydrogens (tertiary/aromatic N) is 2. The molecule has 3 aromatic carbocycles. The molecule has 0 aliphatic rings. The van der Waals surface area contributed by atoms with Crippen molar-refractivity contribution in [2.75, 3.05) is 23.7 Å².